The summed E-state index contributed by atoms with van der Waals surface area (Å²) < 4.78 is 38.3. The maximum absolute atomic E-state index is 12.8. The van der Waals surface area contributed by atoms with Gasteiger partial charge in [0.2, 0.25) is 5.95 Å². The first kappa shape index (κ1) is 21.0. The van der Waals surface area contributed by atoms with E-state index in [-0.39, 0.29) is 11.4 Å². The van der Waals surface area contributed by atoms with E-state index in [0.29, 0.717) is 6.42 Å². The fourth-order valence-corrected chi connectivity index (χ4v) is 3.00. The van der Waals surface area contributed by atoms with Crippen molar-refractivity contribution in [3.63, 3.8) is 0 Å². The monoisotopic (exact) mass is 380 g/mol. The summed E-state index contributed by atoms with van der Waals surface area (Å²) in [6.45, 7) is 8.81. The number of benzene rings is 1. The minimum absolute atomic E-state index is 0.233. The summed E-state index contributed by atoms with van der Waals surface area (Å²) in [4.78, 5) is 8.57. The number of anilines is 2. The first-order chi connectivity index (χ1) is 12.5. The van der Waals surface area contributed by atoms with Crippen LogP contribution in [-0.2, 0) is 18.0 Å². The highest BCUT2D eigenvalue weighted by atomic mass is 19.4. The lowest BCUT2D eigenvalue weighted by atomic mass is 9.79. The number of nitrogens with zero attached hydrogens (tertiary/aromatic N) is 2. The van der Waals surface area contributed by atoms with Gasteiger partial charge in [-0.1, -0.05) is 32.9 Å². The second kappa shape index (κ2) is 8.15. The maximum atomic E-state index is 12.8. The molecule has 0 fully saturated rings. The van der Waals surface area contributed by atoms with E-state index in [0.717, 1.165) is 54.2 Å². The van der Waals surface area contributed by atoms with E-state index in [1.165, 1.54) is 0 Å². The third kappa shape index (κ3) is 5.34. The Morgan fingerprint density at radius 3 is 2.19 bits per heavy atom. The molecular formula is C20H27F3N4. The minimum atomic E-state index is -4.32. The number of nitrogen functional groups attached to an aromatic ring is 1. The molecule has 0 saturated heterocycles. The van der Waals surface area contributed by atoms with Crippen molar-refractivity contribution < 1.29 is 13.2 Å². The zero-order valence-corrected chi connectivity index (χ0v) is 16.2. The van der Waals surface area contributed by atoms with E-state index in [1.807, 2.05) is 20.8 Å². The first-order valence-corrected chi connectivity index (χ1v) is 9.09. The van der Waals surface area contributed by atoms with E-state index in [4.69, 9.17) is 5.73 Å². The van der Waals surface area contributed by atoms with E-state index in [9.17, 15) is 13.2 Å². The number of nitrogens with two attached hydrogens (primary N) is 1. The lowest BCUT2D eigenvalue weighted by Crippen LogP contribution is -2.20. The number of aryl methyl sites for hydroxylation is 1. The van der Waals surface area contributed by atoms with Crippen LogP contribution in [0.2, 0.25) is 0 Å². The van der Waals surface area contributed by atoms with Crippen molar-refractivity contribution >= 4 is 11.8 Å². The molecule has 1 heterocycles. The molecular weight excluding hydrogens is 353 g/mol. The zero-order chi connectivity index (χ0) is 20.2. The van der Waals surface area contributed by atoms with Gasteiger partial charge in [-0.2, -0.15) is 18.2 Å². The average molecular weight is 380 g/mol. The van der Waals surface area contributed by atoms with Crippen LogP contribution >= 0.6 is 0 Å². The minimum Gasteiger partial charge on any atom is -0.370 e. The third-order valence-corrected chi connectivity index (χ3v) is 4.77. The van der Waals surface area contributed by atoms with E-state index in [2.05, 4.69) is 22.2 Å². The molecule has 0 saturated carbocycles. The Labute approximate surface area is 158 Å². The highest BCUT2D eigenvalue weighted by Crippen LogP contribution is 2.34. The predicted octanol–water partition coefficient (Wildman–Crippen LogP) is 5.12. The number of hydrogen-bond acceptors (Lipinski definition) is 4. The van der Waals surface area contributed by atoms with Crippen LogP contribution in [0.25, 0.3) is 0 Å². The van der Waals surface area contributed by atoms with Crippen LogP contribution in [0, 0.1) is 6.92 Å². The van der Waals surface area contributed by atoms with E-state index < -0.39 is 11.7 Å². The molecule has 0 aliphatic rings. The summed E-state index contributed by atoms with van der Waals surface area (Å²) >= 11 is 0. The van der Waals surface area contributed by atoms with Gasteiger partial charge in [0.15, 0.2) is 0 Å². The molecule has 3 N–H and O–H groups in total. The maximum Gasteiger partial charge on any atom is 0.416 e. The lowest BCUT2D eigenvalue weighted by molar-refractivity contribution is -0.137. The smallest absolute Gasteiger partial charge is 0.370 e. The summed E-state index contributed by atoms with van der Waals surface area (Å²) in [5, 5.41) is 3.29. The Hall–Kier alpha value is -2.31. The molecule has 0 aliphatic carbocycles. The van der Waals surface area contributed by atoms with Crippen LogP contribution in [0.5, 0.6) is 0 Å². The molecule has 0 amide bonds. The fourth-order valence-electron chi connectivity index (χ4n) is 3.00. The highest BCUT2D eigenvalue weighted by Gasteiger charge is 2.31. The third-order valence-electron chi connectivity index (χ3n) is 4.77. The molecule has 0 aliphatic heterocycles. The molecule has 2 rings (SSSR count). The molecule has 148 valence electrons. The topological polar surface area (TPSA) is 63.8 Å². The molecule has 1 aromatic carbocycles. The Morgan fingerprint density at radius 1 is 1.04 bits per heavy atom. The lowest BCUT2D eigenvalue weighted by Gasteiger charge is -2.26. The van der Waals surface area contributed by atoms with Crippen LogP contribution in [0.15, 0.2) is 24.3 Å². The molecule has 0 atom stereocenters. The van der Waals surface area contributed by atoms with E-state index in [1.54, 1.807) is 12.1 Å². The number of hydrogen-bond donors (Lipinski definition) is 2. The quantitative estimate of drug-likeness (QED) is 0.700. The van der Waals surface area contributed by atoms with Gasteiger partial charge in [0, 0.05) is 17.8 Å². The number of alkyl halides is 3. The van der Waals surface area contributed by atoms with Crippen molar-refractivity contribution in [3.05, 3.63) is 46.6 Å². The normalized spacial score (nSPS) is 12.3. The number of aromatic nitrogens is 2. The van der Waals surface area contributed by atoms with Gasteiger partial charge in [-0.05, 0) is 49.3 Å². The summed E-state index contributed by atoms with van der Waals surface area (Å²) in [5.41, 5.74) is 7.54. The van der Waals surface area contributed by atoms with Crippen molar-refractivity contribution in [1.82, 2.24) is 9.97 Å². The molecule has 0 bridgehead atoms. The van der Waals surface area contributed by atoms with Gasteiger partial charge < -0.3 is 11.1 Å². The number of halogens is 3. The predicted molar refractivity (Wildman–Crippen MR) is 103 cm³/mol. The van der Waals surface area contributed by atoms with Crippen LogP contribution in [0.4, 0.5) is 24.9 Å². The molecule has 27 heavy (non-hydrogen) atoms. The zero-order valence-electron chi connectivity index (χ0n) is 16.2. The molecule has 2 aromatic rings. The van der Waals surface area contributed by atoms with Crippen molar-refractivity contribution in [1.29, 1.82) is 0 Å². The van der Waals surface area contributed by atoms with Crippen molar-refractivity contribution in [3.8, 4) is 0 Å². The van der Waals surface area contributed by atoms with E-state index >= 15 is 0 Å². The standard InChI is InChI=1S/C20H27F3N4/c1-5-12-25-17-16(13(2)26-18(24)27-17)10-11-19(3,4)14-6-8-15(9-7-14)20(21,22)23/h6-9H,5,10-12H2,1-4H3,(H3,24,25,26,27). The van der Waals surface area contributed by atoms with Crippen molar-refractivity contribution in [2.75, 3.05) is 17.6 Å². The number of rotatable bonds is 7. The van der Waals surface area contributed by atoms with Gasteiger partial charge in [-0.15, -0.1) is 0 Å². The Kier molecular flexibility index (Phi) is 6.34. The summed E-state index contributed by atoms with van der Waals surface area (Å²) in [5.74, 6) is 0.974. The first-order valence-electron chi connectivity index (χ1n) is 9.09. The van der Waals surface area contributed by atoms with Crippen LogP contribution < -0.4 is 11.1 Å². The van der Waals surface area contributed by atoms with Crippen molar-refractivity contribution in [2.24, 2.45) is 0 Å². The van der Waals surface area contributed by atoms with Gasteiger partial charge in [-0.25, -0.2) is 4.98 Å². The fraction of sp³-hybridized carbons (Fsp3) is 0.500. The van der Waals surface area contributed by atoms with Gasteiger partial charge >= 0.3 is 6.18 Å². The number of nitrogens with one attached hydrogen (secondary N) is 1. The molecule has 0 radical (unpaired) electrons. The summed E-state index contributed by atoms with van der Waals surface area (Å²) in [6, 6.07) is 5.41. The van der Waals surface area contributed by atoms with Crippen LogP contribution in [0.3, 0.4) is 0 Å². The molecule has 0 unspecified atom stereocenters. The molecule has 1 aromatic heterocycles. The molecule has 7 heteroatoms. The van der Waals surface area contributed by atoms with Crippen LogP contribution in [0.1, 0.15) is 56.0 Å². The van der Waals surface area contributed by atoms with Gasteiger partial charge in [0.25, 0.3) is 0 Å². The molecule has 4 nitrogen and oxygen atoms in total. The largest absolute Gasteiger partial charge is 0.416 e. The van der Waals surface area contributed by atoms with Gasteiger partial charge in [0.1, 0.15) is 5.82 Å². The Bertz CT molecular complexity index is 768. The summed E-state index contributed by atoms with van der Waals surface area (Å²) in [7, 11) is 0. The van der Waals surface area contributed by atoms with Crippen LogP contribution in [-0.4, -0.2) is 16.5 Å². The Balaban J connectivity index is 2.19. The highest BCUT2D eigenvalue weighted by molar-refractivity contribution is 5.49. The summed E-state index contributed by atoms with van der Waals surface area (Å²) in [6.07, 6.45) is -1.92. The average Bonchev–Trinajstić information content (AvgIpc) is 2.58. The van der Waals surface area contributed by atoms with Gasteiger partial charge in [0.05, 0.1) is 5.56 Å². The SMILES string of the molecule is CCCNc1nc(N)nc(C)c1CCC(C)(C)c1ccc(C(F)(F)F)cc1. The Morgan fingerprint density at radius 2 is 1.63 bits per heavy atom. The second-order valence-electron chi connectivity index (χ2n) is 7.38. The molecule has 0 spiro atoms. The second-order valence-corrected chi connectivity index (χ2v) is 7.38. The van der Waals surface area contributed by atoms with Gasteiger partial charge in [-0.3, -0.25) is 0 Å². The van der Waals surface area contributed by atoms with Crippen molar-refractivity contribution in [2.45, 2.75) is 58.5 Å².